The van der Waals surface area contributed by atoms with Crippen molar-refractivity contribution >= 4 is 35.8 Å². The van der Waals surface area contributed by atoms with Crippen LogP contribution in [0.4, 0.5) is 0 Å². The molecule has 1 rings (SSSR count). The van der Waals surface area contributed by atoms with Crippen LogP contribution in [0.3, 0.4) is 0 Å². The molecule has 130 valence electrons. The first-order valence-electron chi connectivity index (χ1n) is 8.20. The number of nitrogens with zero attached hydrogens (tertiary/aromatic N) is 2. The van der Waals surface area contributed by atoms with E-state index < -0.39 is 0 Å². The first kappa shape index (κ1) is 21.5. The van der Waals surface area contributed by atoms with Gasteiger partial charge in [0.1, 0.15) is 6.54 Å². The Hall–Kier alpha value is -0.530. The molecule has 0 saturated heterocycles. The Balaban J connectivity index is 0.00000441. The van der Waals surface area contributed by atoms with Gasteiger partial charge in [-0.3, -0.25) is 4.79 Å². The van der Waals surface area contributed by atoms with Crippen LogP contribution >= 0.6 is 24.0 Å². The Morgan fingerprint density at radius 3 is 2.55 bits per heavy atom. The third-order valence-corrected chi connectivity index (χ3v) is 4.00. The number of aliphatic imine (C=N–C) groups is 1. The smallest absolute Gasteiger partial charge is 0.243 e. The summed E-state index contributed by atoms with van der Waals surface area (Å²) in [6, 6.07) is 0.777. The van der Waals surface area contributed by atoms with Crippen LogP contribution in [0.15, 0.2) is 4.99 Å². The Bertz CT molecular complexity index is 358. The molecule has 0 heterocycles. The van der Waals surface area contributed by atoms with Crippen LogP contribution in [0.1, 0.15) is 52.9 Å². The molecule has 1 saturated carbocycles. The molecule has 22 heavy (non-hydrogen) atoms. The summed E-state index contributed by atoms with van der Waals surface area (Å²) in [6.07, 6.45) is 6.27. The van der Waals surface area contributed by atoms with E-state index in [9.17, 15) is 4.79 Å². The third kappa shape index (κ3) is 8.19. The molecular weight excluding hydrogens is 391 g/mol. The largest absolute Gasteiger partial charge is 0.354 e. The maximum Gasteiger partial charge on any atom is 0.243 e. The number of carbonyl (C=O) groups is 1. The van der Waals surface area contributed by atoms with E-state index in [-0.39, 0.29) is 36.4 Å². The predicted octanol–water partition coefficient (Wildman–Crippen LogP) is 2.61. The summed E-state index contributed by atoms with van der Waals surface area (Å²) in [7, 11) is 3.52. The molecule has 0 bridgehead atoms. The molecule has 0 spiro atoms. The van der Waals surface area contributed by atoms with Crippen molar-refractivity contribution in [2.24, 2.45) is 10.9 Å². The fraction of sp³-hybridized carbons (Fsp3) is 0.875. The first-order chi connectivity index (χ1) is 9.92. The van der Waals surface area contributed by atoms with Crippen molar-refractivity contribution in [3.63, 3.8) is 0 Å². The van der Waals surface area contributed by atoms with Crippen molar-refractivity contribution in [2.75, 3.05) is 20.6 Å². The SMILES string of the molecule is CCC1CCCC(NC(=NCC(=O)N(C)C)NC(C)C)C1.I. The second-order valence-corrected chi connectivity index (χ2v) is 6.53. The second-order valence-electron chi connectivity index (χ2n) is 6.53. The van der Waals surface area contributed by atoms with E-state index in [1.807, 2.05) is 0 Å². The van der Waals surface area contributed by atoms with Gasteiger partial charge in [0, 0.05) is 26.2 Å². The van der Waals surface area contributed by atoms with Crippen LogP contribution < -0.4 is 10.6 Å². The lowest BCUT2D eigenvalue weighted by Crippen LogP contribution is -2.47. The van der Waals surface area contributed by atoms with Crippen LogP contribution in [-0.2, 0) is 4.79 Å². The summed E-state index contributed by atoms with van der Waals surface area (Å²) in [4.78, 5) is 17.7. The van der Waals surface area contributed by atoms with Crippen molar-refractivity contribution in [1.29, 1.82) is 0 Å². The number of likely N-dealkylation sites (N-methyl/N-ethyl adjacent to an activating group) is 1. The van der Waals surface area contributed by atoms with Gasteiger partial charge >= 0.3 is 0 Å². The Morgan fingerprint density at radius 1 is 1.32 bits per heavy atom. The highest BCUT2D eigenvalue weighted by Gasteiger charge is 2.21. The molecule has 1 fully saturated rings. The third-order valence-electron chi connectivity index (χ3n) is 4.00. The van der Waals surface area contributed by atoms with Crippen molar-refractivity contribution in [3.8, 4) is 0 Å². The molecular formula is C16H33IN4O. The Labute approximate surface area is 152 Å². The molecule has 0 aromatic carbocycles. The van der Waals surface area contributed by atoms with Gasteiger partial charge < -0.3 is 15.5 Å². The first-order valence-corrected chi connectivity index (χ1v) is 8.20. The maximum atomic E-state index is 11.7. The van der Waals surface area contributed by atoms with E-state index in [1.54, 1.807) is 19.0 Å². The maximum absolute atomic E-state index is 11.7. The normalized spacial score (nSPS) is 22.0. The average Bonchev–Trinajstić information content (AvgIpc) is 2.43. The molecule has 0 aromatic heterocycles. The summed E-state index contributed by atoms with van der Waals surface area (Å²) >= 11 is 0. The minimum atomic E-state index is 0. The van der Waals surface area contributed by atoms with Gasteiger partial charge in [0.25, 0.3) is 0 Å². The molecule has 5 nitrogen and oxygen atoms in total. The van der Waals surface area contributed by atoms with Crippen LogP contribution in [-0.4, -0.2) is 49.5 Å². The molecule has 0 aromatic rings. The van der Waals surface area contributed by atoms with E-state index in [1.165, 1.54) is 32.1 Å². The van der Waals surface area contributed by atoms with Crippen LogP contribution in [0, 0.1) is 5.92 Å². The summed E-state index contributed by atoms with van der Waals surface area (Å²) in [5.41, 5.74) is 0. The van der Waals surface area contributed by atoms with E-state index in [0.29, 0.717) is 12.1 Å². The second kappa shape index (κ2) is 11.1. The van der Waals surface area contributed by atoms with Crippen molar-refractivity contribution < 1.29 is 4.79 Å². The quantitative estimate of drug-likeness (QED) is 0.405. The van der Waals surface area contributed by atoms with Crippen LogP contribution in [0.2, 0.25) is 0 Å². The zero-order valence-electron chi connectivity index (χ0n) is 14.7. The van der Waals surface area contributed by atoms with Gasteiger partial charge in [-0.2, -0.15) is 0 Å². The fourth-order valence-corrected chi connectivity index (χ4v) is 2.68. The number of halogens is 1. The summed E-state index contributed by atoms with van der Waals surface area (Å²) in [6.45, 7) is 6.63. The molecule has 0 radical (unpaired) electrons. The molecule has 1 aliphatic rings. The number of hydrogen-bond donors (Lipinski definition) is 2. The summed E-state index contributed by atoms with van der Waals surface area (Å²) in [5.74, 6) is 1.61. The van der Waals surface area contributed by atoms with E-state index in [2.05, 4.69) is 36.4 Å². The lowest BCUT2D eigenvalue weighted by Gasteiger charge is -2.30. The monoisotopic (exact) mass is 424 g/mol. The topological polar surface area (TPSA) is 56.7 Å². The molecule has 2 atom stereocenters. The minimum Gasteiger partial charge on any atom is -0.354 e. The molecule has 2 unspecified atom stereocenters. The van der Waals surface area contributed by atoms with E-state index in [0.717, 1.165) is 11.9 Å². The average molecular weight is 424 g/mol. The van der Waals surface area contributed by atoms with Crippen molar-refractivity contribution in [1.82, 2.24) is 15.5 Å². The number of carbonyl (C=O) groups excluding carboxylic acids is 1. The van der Waals surface area contributed by atoms with Gasteiger partial charge in [0.15, 0.2) is 5.96 Å². The van der Waals surface area contributed by atoms with Gasteiger partial charge in [-0.05, 0) is 32.6 Å². The van der Waals surface area contributed by atoms with Crippen molar-refractivity contribution in [3.05, 3.63) is 0 Å². The highest BCUT2D eigenvalue weighted by molar-refractivity contribution is 14.0. The fourth-order valence-electron chi connectivity index (χ4n) is 2.68. The number of amides is 1. The zero-order valence-corrected chi connectivity index (χ0v) is 17.0. The van der Waals surface area contributed by atoms with E-state index >= 15 is 0 Å². The minimum absolute atomic E-state index is 0. The summed E-state index contributed by atoms with van der Waals surface area (Å²) in [5, 5.41) is 6.84. The molecule has 6 heteroatoms. The van der Waals surface area contributed by atoms with Gasteiger partial charge in [0.2, 0.25) is 5.91 Å². The number of guanidine groups is 1. The number of nitrogens with one attached hydrogen (secondary N) is 2. The lowest BCUT2D eigenvalue weighted by atomic mass is 9.84. The Kier molecular flexibility index (Phi) is 10.8. The highest BCUT2D eigenvalue weighted by atomic mass is 127. The van der Waals surface area contributed by atoms with Gasteiger partial charge in [-0.25, -0.2) is 4.99 Å². The molecule has 2 N–H and O–H groups in total. The predicted molar refractivity (Wildman–Crippen MR) is 104 cm³/mol. The lowest BCUT2D eigenvalue weighted by molar-refractivity contribution is -0.127. The van der Waals surface area contributed by atoms with Gasteiger partial charge in [0.05, 0.1) is 0 Å². The molecule has 1 amide bonds. The van der Waals surface area contributed by atoms with Crippen molar-refractivity contribution in [2.45, 2.75) is 65.0 Å². The van der Waals surface area contributed by atoms with Gasteiger partial charge in [-0.15, -0.1) is 24.0 Å². The summed E-state index contributed by atoms with van der Waals surface area (Å²) < 4.78 is 0. The van der Waals surface area contributed by atoms with Crippen LogP contribution in [0.5, 0.6) is 0 Å². The standard InChI is InChI=1S/C16H32N4O.HI/c1-6-13-8-7-9-14(10-13)19-16(18-12(2)3)17-11-15(21)20(4)5;/h12-14H,6-11H2,1-5H3,(H2,17,18,19);1H. The highest BCUT2D eigenvalue weighted by Crippen LogP contribution is 2.26. The zero-order chi connectivity index (χ0) is 15.8. The Morgan fingerprint density at radius 2 is 2.00 bits per heavy atom. The van der Waals surface area contributed by atoms with Gasteiger partial charge in [-0.1, -0.05) is 26.2 Å². The molecule has 1 aliphatic carbocycles. The molecule has 0 aliphatic heterocycles. The van der Waals surface area contributed by atoms with E-state index in [4.69, 9.17) is 0 Å². The number of rotatable bonds is 5. The van der Waals surface area contributed by atoms with Crippen LogP contribution in [0.25, 0.3) is 0 Å². The number of hydrogen-bond acceptors (Lipinski definition) is 2.